The van der Waals surface area contributed by atoms with Gasteiger partial charge in [-0.1, -0.05) is 159 Å². The summed E-state index contributed by atoms with van der Waals surface area (Å²) in [5, 5.41) is 8.68. The Hall–Kier alpha value is -6.05. The average molecular weight is 624 g/mol. The smallest absolute Gasteiger partial charge is 0.0722 e. The Morgan fingerprint density at radius 1 is 0.388 bits per heavy atom. The summed E-state index contributed by atoms with van der Waals surface area (Å²) < 4.78 is 0. The molecule has 1 nitrogen and oxygen atoms in total. The van der Waals surface area contributed by atoms with E-state index >= 15 is 0 Å². The highest BCUT2D eigenvalue weighted by atomic mass is 14.7. The van der Waals surface area contributed by atoms with E-state index in [-0.39, 0.29) is 5.41 Å². The number of para-hydroxylation sites is 1. The number of rotatable bonds is 3. The van der Waals surface area contributed by atoms with Crippen LogP contribution < -0.4 is 0 Å². The minimum Gasteiger partial charge on any atom is -0.248 e. The fourth-order valence-corrected chi connectivity index (χ4v) is 8.53. The van der Waals surface area contributed by atoms with Crippen molar-refractivity contribution < 1.29 is 0 Å². The summed E-state index contributed by atoms with van der Waals surface area (Å²) >= 11 is 0. The summed E-state index contributed by atoms with van der Waals surface area (Å²) in [6.07, 6.45) is 0. The van der Waals surface area contributed by atoms with Gasteiger partial charge in [0.05, 0.1) is 11.2 Å². The summed E-state index contributed by atoms with van der Waals surface area (Å²) in [4.78, 5) is 5.17. The van der Waals surface area contributed by atoms with Crippen LogP contribution in [0.1, 0.15) is 25.0 Å². The van der Waals surface area contributed by atoms with Crippen molar-refractivity contribution in [1.29, 1.82) is 0 Å². The molecule has 49 heavy (non-hydrogen) atoms. The molecule has 0 radical (unpaired) electrons. The second-order valence-electron chi connectivity index (χ2n) is 13.9. The quantitative estimate of drug-likeness (QED) is 0.178. The van der Waals surface area contributed by atoms with E-state index in [0.29, 0.717) is 0 Å². The molecule has 1 heterocycles. The van der Waals surface area contributed by atoms with Crippen LogP contribution in [0, 0.1) is 0 Å². The van der Waals surface area contributed by atoms with Crippen LogP contribution in [0.2, 0.25) is 0 Å². The number of aromatic nitrogens is 1. The lowest BCUT2D eigenvalue weighted by molar-refractivity contribution is 0.661. The maximum atomic E-state index is 5.17. The molecule has 1 aliphatic rings. The molecule has 1 aliphatic carbocycles. The number of pyridine rings is 1. The zero-order valence-electron chi connectivity index (χ0n) is 27.5. The van der Waals surface area contributed by atoms with E-state index in [1.54, 1.807) is 0 Å². The second-order valence-corrected chi connectivity index (χ2v) is 13.9. The van der Waals surface area contributed by atoms with Gasteiger partial charge in [0.25, 0.3) is 0 Å². The molecule has 0 amide bonds. The van der Waals surface area contributed by atoms with Crippen molar-refractivity contribution in [2.24, 2.45) is 0 Å². The zero-order chi connectivity index (χ0) is 32.7. The molecule has 0 fully saturated rings. The summed E-state index contributed by atoms with van der Waals surface area (Å²) in [6.45, 7) is 4.74. The minimum atomic E-state index is -0.0654. The molecule has 0 saturated heterocycles. The number of hydrogen-bond acceptors (Lipinski definition) is 1. The van der Waals surface area contributed by atoms with Gasteiger partial charge >= 0.3 is 0 Å². The lowest BCUT2D eigenvalue weighted by Gasteiger charge is -2.23. The van der Waals surface area contributed by atoms with Gasteiger partial charge in [0, 0.05) is 16.4 Å². The van der Waals surface area contributed by atoms with Crippen LogP contribution in [0.5, 0.6) is 0 Å². The predicted molar refractivity (Wildman–Crippen MR) is 208 cm³/mol. The maximum absolute atomic E-state index is 5.17. The Bertz CT molecular complexity index is 2730. The molecule has 0 bridgehead atoms. The van der Waals surface area contributed by atoms with Crippen LogP contribution in [0.4, 0.5) is 0 Å². The van der Waals surface area contributed by atoms with Gasteiger partial charge in [-0.15, -0.1) is 0 Å². The van der Waals surface area contributed by atoms with Crippen LogP contribution in [0.3, 0.4) is 0 Å². The minimum absolute atomic E-state index is 0.0654. The molecule has 230 valence electrons. The molecular weight excluding hydrogens is 591 g/mol. The van der Waals surface area contributed by atoms with Crippen molar-refractivity contribution in [2.45, 2.75) is 19.3 Å². The molecule has 1 aromatic heterocycles. The maximum Gasteiger partial charge on any atom is 0.0722 e. The van der Waals surface area contributed by atoms with Crippen molar-refractivity contribution >= 4 is 43.2 Å². The van der Waals surface area contributed by atoms with Gasteiger partial charge in [-0.2, -0.15) is 0 Å². The summed E-state index contributed by atoms with van der Waals surface area (Å²) in [6, 6.07) is 60.0. The van der Waals surface area contributed by atoms with Crippen molar-refractivity contribution in [3.8, 4) is 44.6 Å². The number of nitrogens with zero attached hydrogens (tertiary/aromatic N) is 1. The molecule has 8 aromatic carbocycles. The van der Waals surface area contributed by atoms with Gasteiger partial charge in [0.15, 0.2) is 0 Å². The van der Waals surface area contributed by atoms with Gasteiger partial charge in [-0.05, 0) is 95.0 Å². The molecule has 0 unspecified atom stereocenters. The highest BCUT2D eigenvalue weighted by Gasteiger charge is 2.36. The first-order chi connectivity index (χ1) is 24.1. The fraction of sp³-hybridized carbons (Fsp3) is 0.0625. The van der Waals surface area contributed by atoms with Gasteiger partial charge < -0.3 is 0 Å². The van der Waals surface area contributed by atoms with E-state index in [9.17, 15) is 0 Å². The van der Waals surface area contributed by atoms with E-state index in [1.165, 1.54) is 82.4 Å². The Morgan fingerprint density at radius 3 is 1.61 bits per heavy atom. The van der Waals surface area contributed by atoms with Crippen molar-refractivity contribution in [2.75, 3.05) is 0 Å². The van der Waals surface area contributed by atoms with E-state index in [1.807, 2.05) is 0 Å². The van der Waals surface area contributed by atoms with Crippen LogP contribution in [0.25, 0.3) is 87.9 Å². The summed E-state index contributed by atoms with van der Waals surface area (Å²) in [5.74, 6) is 0. The topological polar surface area (TPSA) is 12.9 Å². The van der Waals surface area contributed by atoms with Gasteiger partial charge in [-0.25, -0.2) is 4.98 Å². The van der Waals surface area contributed by atoms with Crippen molar-refractivity contribution in [3.05, 3.63) is 175 Å². The largest absolute Gasteiger partial charge is 0.248 e. The molecule has 0 saturated carbocycles. The summed E-state index contributed by atoms with van der Waals surface area (Å²) in [5.41, 5.74) is 13.7. The lowest BCUT2D eigenvalue weighted by Crippen LogP contribution is -2.15. The first kappa shape index (κ1) is 28.0. The number of benzene rings is 8. The average Bonchev–Trinajstić information content (AvgIpc) is 3.39. The third kappa shape index (κ3) is 4.09. The normalized spacial score (nSPS) is 13.3. The molecule has 10 rings (SSSR count). The standard InChI is InChI=1S/C48H33N/c1-48(2)41-21-11-10-20-39(41)46-34-15-5-4-14-33(34)40(29-42(46)48)30-23-25-32(26-24-30)45-35-16-6-8-18-37(35)47(38-19-9-7-17-36(38)45)44-28-27-31-13-3-12-22-43(31)49-44/h3-29H,1-2H3. The highest BCUT2D eigenvalue weighted by Crippen LogP contribution is 2.53. The van der Waals surface area contributed by atoms with Crippen LogP contribution in [-0.2, 0) is 5.41 Å². The molecule has 0 atom stereocenters. The molecule has 1 heteroatoms. The Balaban J connectivity index is 1.17. The van der Waals surface area contributed by atoms with E-state index in [0.717, 1.165) is 16.6 Å². The zero-order valence-corrected chi connectivity index (χ0v) is 27.5. The van der Waals surface area contributed by atoms with Crippen LogP contribution >= 0.6 is 0 Å². The lowest BCUT2D eigenvalue weighted by atomic mass is 9.80. The Kier molecular flexibility index (Phi) is 5.99. The van der Waals surface area contributed by atoms with Gasteiger partial charge in [0.2, 0.25) is 0 Å². The van der Waals surface area contributed by atoms with Crippen LogP contribution in [-0.4, -0.2) is 4.98 Å². The van der Waals surface area contributed by atoms with Crippen molar-refractivity contribution in [1.82, 2.24) is 4.98 Å². The third-order valence-corrected chi connectivity index (χ3v) is 10.9. The Morgan fingerprint density at radius 2 is 0.918 bits per heavy atom. The van der Waals surface area contributed by atoms with Crippen molar-refractivity contribution in [3.63, 3.8) is 0 Å². The van der Waals surface area contributed by atoms with E-state index in [2.05, 4.69) is 178 Å². The van der Waals surface area contributed by atoms with Crippen LogP contribution in [0.15, 0.2) is 164 Å². The van der Waals surface area contributed by atoms with E-state index in [4.69, 9.17) is 4.98 Å². The second kappa shape index (κ2) is 10.5. The SMILES string of the molecule is CC1(C)c2ccccc2-c2c1cc(-c1ccc(-c3c4ccccc4c(-c4ccc5ccccc5n4)c4ccccc34)cc1)c1ccccc21. The van der Waals surface area contributed by atoms with Gasteiger partial charge in [0.1, 0.15) is 0 Å². The molecular formula is C48H33N. The summed E-state index contributed by atoms with van der Waals surface area (Å²) in [7, 11) is 0. The number of hydrogen-bond donors (Lipinski definition) is 0. The highest BCUT2D eigenvalue weighted by molar-refractivity contribution is 6.21. The predicted octanol–water partition coefficient (Wildman–Crippen LogP) is 13.0. The fourth-order valence-electron chi connectivity index (χ4n) is 8.53. The molecule has 9 aromatic rings. The first-order valence-electron chi connectivity index (χ1n) is 17.1. The third-order valence-electron chi connectivity index (χ3n) is 10.9. The Labute approximate surface area is 286 Å². The number of fused-ring (bicyclic) bond motifs is 8. The van der Waals surface area contributed by atoms with E-state index < -0.39 is 0 Å². The molecule has 0 aliphatic heterocycles. The monoisotopic (exact) mass is 623 g/mol. The van der Waals surface area contributed by atoms with Gasteiger partial charge in [-0.3, -0.25) is 0 Å². The first-order valence-corrected chi connectivity index (χ1v) is 17.1. The molecule has 0 N–H and O–H groups in total. The molecule has 0 spiro atoms.